The van der Waals surface area contributed by atoms with Crippen LogP contribution in [-0.4, -0.2) is 17.0 Å². The Bertz CT molecular complexity index is 464. The maximum absolute atomic E-state index is 6.13. The Kier molecular flexibility index (Phi) is 8.28. The van der Waals surface area contributed by atoms with E-state index in [-0.39, 0.29) is 0 Å². The third-order valence-corrected chi connectivity index (χ3v) is 7.03. The molecule has 0 atom stereocenters. The third-order valence-electron chi connectivity index (χ3n) is 5.80. The standard InChI is InChI=1S/C21H35ClN2S/c1-6-21(22)25-18(5)23-17(4)24(19-11-7-15(2)8-12-19)20-13-9-16(3)10-14-20/h6,15-16,19-20,23H,4-5,7-14H2,1-3H3/b21-6-. The number of rotatable bonds is 7. The highest BCUT2D eigenvalue weighted by Gasteiger charge is 2.32. The second-order valence-electron chi connectivity index (χ2n) is 7.92. The van der Waals surface area contributed by atoms with Crippen molar-refractivity contribution in [3.63, 3.8) is 0 Å². The molecule has 25 heavy (non-hydrogen) atoms. The Morgan fingerprint density at radius 2 is 1.40 bits per heavy atom. The summed E-state index contributed by atoms with van der Waals surface area (Å²) >= 11 is 7.61. The smallest absolute Gasteiger partial charge is 0.0992 e. The fraction of sp³-hybridized carbons (Fsp3) is 0.714. The first-order chi connectivity index (χ1) is 11.9. The van der Waals surface area contributed by atoms with E-state index in [9.17, 15) is 0 Å². The highest BCUT2D eigenvalue weighted by Crippen LogP contribution is 2.36. The molecule has 0 aliphatic heterocycles. The van der Waals surface area contributed by atoms with Crippen LogP contribution in [-0.2, 0) is 0 Å². The fourth-order valence-corrected chi connectivity index (χ4v) is 5.01. The van der Waals surface area contributed by atoms with Crippen molar-refractivity contribution in [1.29, 1.82) is 0 Å². The highest BCUT2D eigenvalue weighted by atomic mass is 35.5. The molecule has 1 N–H and O–H groups in total. The quantitative estimate of drug-likeness (QED) is 0.520. The van der Waals surface area contributed by atoms with Gasteiger partial charge in [0, 0.05) is 12.1 Å². The zero-order chi connectivity index (χ0) is 18.4. The van der Waals surface area contributed by atoms with Gasteiger partial charge in [-0.15, -0.1) is 0 Å². The Labute approximate surface area is 164 Å². The van der Waals surface area contributed by atoms with Crippen LogP contribution in [0, 0.1) is 11.8 Å². The molecule has 0 saturated heterocycles. The lowest BCUT2D eigenvalue weighted by molar-refractivity contribution is 0.0929. The van der Waals surface area contributed by atoms with E-state index in [2.05, 4.69) is 37.2 Å². The summed E-state index contributed by atoms with van der Waals surface area (Å²) in [5, 5.41) is 4.29. The van der Waals surface area contributed by atoms with Gasteiger partial charge in [0.2, 0.25) is 0 Å². The van der Waals surface area contributed by atoms with Crippen LogP contribution in [0.25, 0.3) is 0 Å². The second-order valence-corrected chi connectivity index (χ2v) is 9.69. The van der Waals surface area contributed by atoms with E-state index in [1.807, 2.05) is 13.0 Å². The van der Waals surface area contributed by atoms with Crippen LogP contribution in [0.5, 0.6) is 0 Å². The molecule has 0 aromatic heterocycles. The zero-order valence-corrected chi connectivity index (χ0v) is 17.8. The van der Waals surface area contributed by atoms with E-state index in [1.54, 1.807) is 0 Å². The number of nitrogens with one attached hydrogen (secondary N) is 1. The van der Waals surface area contributed by atoms with Crippen LogP contribution in [0.15, 0.2) is 34.4 Å². The molecule has 0 spiro atoms. The van der Waals surface area contributed by atoms with Gasteiger partial charge < -0.3 is 10.2 Å². The number of nitrogens with zero attached hydrogens (tertiary/aromatic N) is 1. The molecule has 4 heteroatoms. The molecule has 0 unspecified atom stereocenters. The zero-order valence-electron chi connectivity index (χ0n) is 16.2. The van der Waals surface area contributed by atoms with Crippen LogP contribution < -0.4 is 5.32 Å². The monoisotopic (exact) mass is 382 g/mol. The third kappa shape index (κ3) is 6.29. The first-order valence-electron chi connectivity index (χ1n) is 9.83. The largest absolute Gasteiger partial charge is 0.353 e. The molecule has 0 bridgehead atoms. The van der Waals surface area contributed by atoms with E-state index < -0.39 is 0 Å². The summed E-state index contributed by atoms with van der Waals surface area (Å²) in [4.78, 5) is 2.60. The van der Waals surface area contributed by atoms with Crippen molar-refractivity contribution in [2.75, 3.05) is 0 Å². The minimum Gasteiger partial charge on any atom is -0.353 e. The first kappa shape index (κ1) is 20.8. The molecular weight excluding hydrogens is 348 g/mol. The van der Waals surface area contributed by atoms with Gasteiger partial charge in [0.05, 0.1) is 15.2 Å². The number of halogens is 1. The molecule has 0 aromatic rings. The van der Waals surface area contributed by atoms with Crippen LogP contribution >= 0.6 is 23.4 Å². The minimum absolute atomic E-state index is 0.615. The van der Waals surface area contributed by atoms with Crippen LogP contribution in [0.3, 0.4) is 0 Å². The van der Waals surface area contributed by atoms with Crippen molar-refractivity contribution < 1.29 is 0 Å². The van der Waals surface area contributed by atoms with Gasteiger partial charge in [-0.25, -0.2) is 0 Å². The number of hydrogen-bond donors (Lipinski definition) is 1. The minimum atomic E-state index is 0.615. The lowest BCUT2D eigenvalue weighted by Crippen LogP contribution is -2.48. The van der Waals surface area contributed by atoms with Crippen molar-refractivity contribution in [2.45, 2.75) is 84.2 Å². The van der Waals surface area contributed by atoms with Crippen molar-refractivity contribution >= 4 is 23.4 Å². The van der Waals surface area contributed by atoms with E-state index in [1.165, 1.54) is 63.1 Å². The van der Waals surface area contributed by atoms with Crippen molar-refractivity contribution in [3.05, 3.63) is 34.4 Å². The summed E-state index contributed by atoms with van der Waals surface area (Å²) in [6.45, 7) is 15.2. The van der Waals surface area contributed by atoms with Crippen molar-refractivity contribution in [3.8, 4) is 0 Å². The Hall–Kier alpha value is -0.540. The lowest BCUT2D eigenvalue weighted by atomic mass is 9.82. The molecule has 2 aliphatic carbocycles. The summed E-state index contributed by atoms with van der Waals surface area (Å²) in [5.41, 5.74) is 0. The molecule has 2 nitrogen and oxygen atoms in total. The Balaban J connectivity index is 2.04. The van der Waals surface area contributed by atoms with Gasteiger partial charge in [-0.05, 0) is 70.1 Å². The predicted octanol–water partition coefficient (Wildman–Crippen LogP) is 6.81. The molecule has 0 radical (unpaired) electrons. The van der Waals surface area contributed by atoms with Gasteiger partial charge in [-0.2, -0.15) is 0 Å². The predicted molar refractivity (Wildman–Crippen MR) is 113 cm³/mol. The maximum atomic E-state index is 6.13. The van der Waals surface area contributed by atoms with Gasteiger partial charge in [0.15, 0.2) is 0 Å². The van der Waals surface area contributed by atoms with Crippen LogP contribution in [0.2, 0.25) is 0 Å². The molecular formula is C21H35ClN2S. The molecule has 2 fully saturated rings. The number of hydrogen-bond acceptors (Lipinski definition) is 3. The van der Waals surface area contributed by atoms with Gasteiger partial charge in [0.1, 0.15) is 0 Å². The summed E-state index contributed by atoms with van der Waals surface area (Å²) in [6.07, 6.45) is 12.3. The van der Waals surface area contributed by atoms with E-state index in [0.717, 1.165) is 27.1 Å². The van der Waals surface area contributed by atoms with Gasteiger partial charge in [-0.3, -0.25) is 0 Å². The van der Waals surface area contributed by atoms with Crippen molar-refractivity contribution in [2.24, 2.45) is 11.8 Å². The molecule has 0 aromatic carbocycles. The first-order valence-corrected chi connectivity index (χ1v) is 11.0. The Morgan fingerprint density at radius 3 is 1.80 bits per heavy atom. The van der Waals surface area contributed by atoms with Crippen LogP contribution in [0.4, 0.5) is 0 Å². The molecule has 2 aliphatic rings. The molecule has 2 rings (SSSR count). The normalized spacial score (nSPS) is 30.6. The van der Waals surface area contributed by atoms with E-state index in [0.29, 0.717) is 12.1 Å². The second kappa shape index (κ2) is 9.97. The maximum Gasteiger partial charge on any atom is 0.0992 e. The Morgan fingerprint density at radius 1 is 0.960 bits per heavy atom. The van der Waals surface area contributed by atoms with Gasteiger partial charge in [0.25, 0.3) is 0 Å². The summed E-state index contributed by atoms with van der Waals surface area (Å²) in [6, 6.07) is 1.23. The average Bonchev–Trinajstić information content (AvgIpc) is 2.58. The molecule has 0 heterocycles. The van der Waals surface area contributed by atoms with Crippen molar-refractivity contribution in [1.82, 2.24) is 10.2 Å². The van der Waals surface area contributed by atoms with Crippen LogP contribution in [0.1, 0.15) is 72.1 Å². The number of thioether (sulfide) groups is 1. The SMILES string of the molecule is C=C(NC(=C)N(C1CCC(C)CC1)C1CCC(C)CC1)S/C(Cl)=C\C. The molecule has 142 valence electrons. The van der Waals surface area contributed by atoms with E-state index in [4.69, 9.17) is 11.6 Å². The topological polar surface area (TPSA) is 15.3 Å². The molecule has 0 amide bonds. The summed E-state index contributed by atoms with van der Waals surface area (Å²) < 4.78 is 0.745. The summed E-state index contributed by atoms with van der Waals surface area (Å²) in [5.74, 6) is 2.74. The van der Waals surface area contributed by atoms with Gasteiger partial charge in [-0.1, -0.05) is 56.4 Å². The lowest BCUT2D eigenvalue weighted by Gasteiger charge is -2.45. The number of allylic oxidation sites excluding steroid dienone is 1. The molecule has 2 saturated carbocycles. The average molecular weight is 383 g/mol. The van der Waals surface area contributed by atoms with E-state index >= 15 is 0 Å². The van der Waals surface area contributed by atoms with Gasteiger partial charge >= 0.3 is 0 Å². The summed E-state index contributed by atoms with van der Waals surface area (Å²) in [7, 11) is 0. The fourth-order valence-electron chi connectivity index (χ4n) is 4.21. The highest BCUT2D eigenvalue weighted by molar-refractivity contribution is 8.08.